The first-order valence-electron chi connectivity index (χ1n) is 16.4. The first-order valence-corrected chi connectivity index (χ1v) is 20.3. The second-order valence-corrected chi connectivity index (χ2v) is 22.3. The van der Waals surface area contributed by atoms with Crippen LogP contribution in [0.1, 0.15) is 68.0 Å². The van der Waals surface area contributed by atoms with Crippen LogP contribution in [0, 0.1) is 0 Å². The minimum atomic E-state index is -2.80. The molecule has 0 aliphatic carbocycles. The highest BCUT2D eigenvalue weighted by atomic mass is 28.5. The van der Waals surface area contributed by atoms with E-state index in [4.69, 9.17) is 22.4 Å². The Morgan fingerprint density at radius 3 is 1.85 bits per heavy atom. The predicted molar refractivity (Wildman–Crippen MR) is 184 cm³/mol. The molecule has 2 fully saturated rings. The summed E-state index contributed by atoms with van der Waals surface area (Å²) in [6.07, 6.45) is 0.317. The standard InChI is InChI=1S/C35H48N2O7Si2/c1-24(2)45(25(3)4)40-23-32-31(43-46(44-45,26(5)6)27(7)8)22-34(42-32)36-20-19-30(21-33(36)38)41-35(39)37(28-15-11-9-12-16-28)29-17-13-10-14-18-29/h9-21,24-27,31-32,34H,22-23H2,1-8H3/t31-,32+,34+/m0/s1. The lowest BCUT2D eigenvalue weighted by atomic mass is 10.2. The van der Waals surface area contributed by atoms with E-state index >= 15 is 0 Å². The Morgan fingerprint density at radius 2 is 1.35 bits per heavy atom. The number of para-hydroxylation sites is 2. The molecule has 1 aromatic heterocycles. The second kappa shape index (κ2) is 14.0. The maximum atomic E-state index is 13.5. The third kappa shape index (κ3) is 6.67. The molecule has 248 valence electrons. The molecule has 3 atom stereocenters. The summed E-state index contributed by atoms with van der Waals surface area (Å²) in [6, 6.07) is 21.4. The molecule has 11 heteroatoms. The summed E-state index contributed by atoms with van der Waals surface area (Å²) in [5.74, 6) is 0.149. The molecule has 2 aliphatic rings. The summed E-state index contributed by atoms with van der Waals surface area (Å²) in [5.41, 5.74) is 1.81. The number of aromatic nitrogens is 1. The van der Waals surface area contributed by atoms with Crippen molar-refractivity contribution < 1.29 is 27.2 Å². The number of hydrogen-bond donors (Lipinski definition) is 0. The zero-order valence-electron chi connectivity index (χ0n) is 28.2. The molecule has 0 bridgehead atoms. The van der Waals surface area contributed by atoms with Gasteiger partial charge < -0.3 is 22.4 Å². The number of amides is 1. The van der Waals surface area contributed by atoms with E-state index < -0.39 is 29.4 Å². The van der Waals surface area contributed by atoms with Crippen LogP contribution in [0.4, 0.5) is 16.2 Å². The fourth-order valence-corrected chi connectivity index (χ4v) is 18.0. The Morgan fingerprint density at radius 1 is 0.804 bits per heavy atom. The number of pyridine rings is 1. The van der Waals surface area contributed by atoms with Gasteiger partial charge in [-0.1, -0.05) is 91.8 Å². The molecule has 9 nitrogen and oxygen atoms in total. The third-order valence-electron chi connectivity index (χ3n) is 9.17. The lowest BCUT2D eigenvalue weighted by Gasteiger charge is -2.51. The normalized spacial score (nSPS) is 22.5. The van der Waals surface area contributed by atoms with Crippen molar-refractivity contribution >= 4 is 34.6 Å². The molecule has 2 aliphatic heterocycles. The molecule has 0 spiro atoms. The van der Waals surface area contributed by atoms with Gasteiger partial charge in [0.25, 0.3) is 5.56 Å². The van der Waals surface area contributed by atoms with Gasteiger partial charge in [0.05, 0.1) is 24.1 Å². The topological polar surface area (TPSA) is 88.5 Å². The van der Waals surface area contributed by atoms with Crippen LogP contribution in [0.2, 0.25) is 22.2 Å². The van der Waals surface area contributed by atoms with Gasteiger partial charge in [0.1, 0.15) is 18.1 Å². The van der Waals surface area contributed by atoms with Crippen molar-refractivity contribution in [3.8, 4) is 5.75 Å². The van der Waals surface area contributed by atoms with Crippen molar-refractivity contribution in [2.24, 2.45) is 0 Å². The lowest BCUT2D eigenvalue weighted by molar-refractivity contribution is -0.0562. The van der Waals surface area contributed by atoms with Gasteiger partial charge in [-0.15, -0.1) is 0 Å². The number of hydrogen-bond acceptors (Lipinski definition) is 7. The van der Waals surface area contributed by atoms with Gasteiger partial charge in [0.2, 0.25) is 0 Å². The lowest BCUT2D eigenvalue weighted by Crippen LogP contribution is -2.65. The molecule has 0 saturated carbocycles. The molecule has 2 saturated heterocycles. The summed E-state index contributed by atoms with van der Waals surface area (Å²) in [7, 11) is -5.50. The Kier molecular flexibility index (Phi) is 10.4. The van der Waals surface area contributed by atoms with E-state index in [1.54, 1.807) is 16.8 Å². The van der Waals surface area contributed by atoms with E-state index in [0.29, 0.717) is 24.4 Å². The number of nitrogens with zero attached hydrogens (tertiary/aromatic N) is 2. The minimum absolute atomic E-state index is 0.149. The van der Waals surface area contributed by atoms with Crippen molar-refractivity contribution in [1.29, 1.82) is 0 Å². The number of ether oxygens (including phenoxy) is 2. The fraction of sp³-hybridized carbons (Fsp3) is 0.486. The highest BCUT2D eigenvalue weighted by Crippen LogP contribution is 2.48. The van der Waals surface area contributed by atoms with Crippen LogP contribution in [-0.4, -0.2) is 46.6 Å². The predicted octanol–water partition coefficient (Wildman–Crippen LogP) is 8.43. The Hall–Kier alpha value is -3.07. The fourth-order valence-electron chi connectivity index (χ4n) is 6.74. The highest BCUT2D eigenvalue weighted by Gasteiger charge is 2.60. The van der Waals surface area contributed by atoms with Crippen molar-refractivity contribution in [1.82, 2.24) is 4.57 Å². The van der Waals surface area contributed by atoms with Crippen LogP contribution in [0.5, 0.6) is 5.75 Å². The molecule has 0 N–H and O–H groups in total. The van der Waals surface area contributed by atoms with Crippen LogP contribution >= 0.6 is 0 Å². The average Bonchev–Trinajstić information content (AvgIpc) is 3.39. The van der Waals surface area contributed by atoms with Crippen LogP contribution < -0.4 is 15.2 Å². The summed E-state index contributed by atoms with van der Waals surface area (Å²) in [6.45, 7) is 17.9. The van der Waals surface area contributed by atoms with Gasteiger partial charge in [-0.05, 0) is 52.5 Å². The summed E-state index contributed by atoms with van der Waals surface area (Å²) >= 11 is 0. The van der Waals surface area contributed by atoms with Crippen molar-refractivity contribution in [3.05, 3.63) is 89.3 Å². The molecular weight excluding hydrogens is 617 g/mol. The first kappa shape index (κ1) is 34.3. The molecular formula is C35H48N2O7Si2. The van der Waals surface area contributed by atoms with E-state index in [1.165, 1.54) is 11.0 Å². The maximum Gasteiger partial charge on any atom is 0.424 e. The number of anilines is 2. The number of carbonyl (C=O) groups is 1. The second-order valence-electron chi connectivity index (χ2n) is 13.5. The number of rotatable bonds is 8. The third-order valence-corrected chi connectivity index (χ3v) is 19.5. The molecule has 46 heavy (non-hydrogen) atoms. The quantitative estimate of drug-likeness (QED) is 0.223. The van der Waals surface area contributed by atoms with E-state index in [-0.39, 0.29) is 45.7 Å². The Labute approximate surface area is 274 Å². The van der Waals surface area contributed by atoms with E-state index in [1.807, 2.05) is 60.7 Å². The van der Waals surface area contributed by atoms with E-state index in [0.717, 1.165) is 0 Å². The molecule has 3 aromatic rings. The van der Waals surface area contributed by atoms with Crippen LogP contribution in [0.15, 0.2) is 83.8 Å². The number of fused-ring (bicyclic) bond motifs is 1. The highest BCUT2D eigenvalue weighted by molar-refractivity contribution is 6.84. The number of benzene rings is 2. The van der Waals surface area contributed by atoms with Gasteiger partial charge in [-0.25, -0.2) is 9.69 Å². The van der Waals surface area contributed by atoms with E-state index in [9.17, 15) is 9.59 Å². The van der Waals surface area contributed by atoms with Gasteiger partial charge in [-0.3, -0.25) is 9.36 Å². The van der Waals surface area contributed by atoms with Crippen molar-refractivity contribution in [2.45, 2.75) is 102 Å². The van der Waals surface area contributed by atoms with Crippen molar-refractivity contribution in [3.63, 3.8) is 0 Å². The largest absolute Gasteiger partial charge is 0.424 e. The summed E-state index contributed by atoms with van der Waals surface area (Å²) < 4.78 is 35.0. The smallest absolute Gasteiger partial charge is 0.414 e. The van der Waals surface area contributed by atoms with Crippen LogP contribution in [-0.2, 0) is 17.7 Å². The van der Waals surface area contributed by atoms with Gasteiger partial charge in [0.15, 0.2) is 0 Å². The van der Waals surface area contributed by atoms with Gasteiger partial charge >= 0.3 is 23.2 Å². The maximum absolute atomic E-state index is 13.5. The summed E-state index contributed by atoms with van der Waals surface area (Å²) in [4.78, 5) is 28.4. The first-order chi connectivity index (χ1) is 21.9. The van der Waals surface area contributed by atoms with E-state index in [2.05, 4.69) is 55.4 Å². The van der Waals surface area contributed by atoms with Gasteiger partial charge in [-0.2, -0.15) is 0 Å². The van der Waals surface area contributed by atoms with Crippen molar-refractivity contribution in [2.75, 3.05) is 11.5 Å². The molecule has 3 heterocycles. The Balaban J connectivity index is 1.39. The SMILES string of the molecule is CC(C)[Si]1(C(C)C)OC[C@H]2O[C@@H](n3ccc(OC(=O)N(c4ccccc4)c4ccccc4)cc3=O)C[C@@H]2O[Si](C(C)C)(C(C)C)O1. The van der Waals surface area contributed by atoms with Crippen LogP contribution in [0.25, 0.3) is 0 Å². The minimum Gasteiger partial charge on any atom is -0.414 e. The number of carbonyl (C=O) groups excluding carboxylic acids is 1. The van der Waals surface area contributed by atoms with Crippen LogP contribution in [0.3, 0.4) is 0 Å². The molecule has 5 rings (SSSR count). The van der Waals surface area contributed by atoms with Gasteiger partial charge in [0, 0.05) is 18.7 Å². The molecule has 0 radical (unpaired) electrons. The Bertz CT molecular complexity index is 1480. The summed E-state index contributed by atoms with van der Waals surface area (Å²) in [5, 5.41) is 0. The zero-order valence-corrected chi connectivity index (χ0v) is 30.2. The average molecular weight is 665 g/mol. The zero-order chi connectivity index (χ0) is 33.2. The molecule has 1 amide bonds. The molecule has 2 aromatic carbocycles. The monoisotopic (exact) mass is 664 g/mol. The molecule has 0 unspecified atom stereocenters.